The molecule has 1 saturated heterocycles. The summed E-state index contributed by atoms with van der Waals surface area (Å²) in [5.74, 6) is 0. The smallest absolute Gasteiger partial charge is 0.0610 e. The minimum Gasteiger partial charge on any atom is -0.394 e. The summed E-state index contributed by atoms with van der Waals surface area (Å²) in [5, 5.41) is 9.27. The second kappa shape index (κ2) is 3.49. The van der Waals surface area contributed by atoms with Gasteiger partial charge in [-0.3, -0.25) is 4.90 Å². The zero-order valence-electron chi connectivity index (χ0n) is 9.55. The molecule has 2 aliphatic rings. The SMILES string of the molecule is CC(C)(CO)N1CC2(CCCCC2)C1. The Morgan fingerprint density at radius 2 is 1.71 bits per heavy atom. The van der Waals surface area contributed by atoms with Crippen LogP contribution in [0.25, 0.3) is 0 Å². The van der Waals surface area contributed by atoms with Crippen molar-refractivity contribution in [3.63, 3.8) is 0 Å². The van der Waals surface area contributed by atoms with Crippen LogP contribution in [0.3, 0.4) is 0 Å². The number of likely N-dealkylation sites (tertiary alicyclic amines) is 1. The molecule has 1 spiro atoms. The summed E-state index contributed by atoms with van der Waals surface area (Å²) >= 11 is 0. The van der Waals surface area contributed by atoms with Gasteiger partial charge in [0.1, 0.15) is 0 Å². The van der Waals surface area contributed by atoms with Crippen LogP contribution in [-0.4, -0.2) is 35.2 Å². The molecule has 1 saturated carbocycles. The average Bonchev–Trinajstić information content (AvgIpc) is 2.15. The van der Waals surface area contributed by atoms with Crippen LogP contribution in [0.4, 0.5) is 0 Å². The maximum atomic E-state index is 9.27. The summed E-state index contributed by atoms with van der Waals surface area (Å²) in [6, 6.07) is 0. The summed E-state index contributed by atoms with van der Waals surface area (Å²) in [5.41, 5.74) is 0.646. The Morgan fingerprint density at radius 1 is 1.14 bits per heavy atom. The van der Waals surface area contributed by atoms with Gasteiger partial charge in [0.15, 0.2) is 0 Å². The second-order valence-corrected chi connectivity index (χ2v) is 5.89. The lowest BCUT2D eigenvalue weighted by Gasteiger charge is -2.57. The van der Waals surface area contributed by atoms with Crippen molar-refractivity contribution in [3.8, 4) is 0 Å². The van der Waals surface area contributed by atoms with Crippen LogP contribution < -0.4 is 0 Å². The highest BCUT2D eigenvalue weighted by molar-refractivity contribution is 5.01. The van der Waals surface area contributed by atoms with E-state index in [9.17, 15) is 5.11 Å². The van der Waals surface area contributed by atoms with Crippen molar-refractivity contribution in [2.75, 3.05) is 19.7 Å². The molecular weight excluding hydrogens is 174 g/mol. The Bertz CT molecular complexity index is 198. The minimum atomic E-state index is 0.00268. The maximum Gasteiger partial charge on any atom is 0.0610 e. The highest BCUT2D eigenvalue weighted by Crippen LogP contribution is 2.46. The van der Waals surface area contributed by atoms with E-state index in [0.29, 0.717) is 5.41 Å². The molecule has 1 N–H and O–H groups in total. The third kappa shape index (κ3) is 1.70. The quantitative estimate of drug-likeness (QED) is 0.732. The van der Waals surface area contributed by atoms with Crippen molar-refractivity contribution in [3.05, 3.63) is 0 Å². The zero-order valence-corrected chi connectivity index (χ0v) is 9.55. The fourth-order valence-electron chi connectivity index (χ4n) is 2.91. The van der Waals surface area contributed by atoms with Gasteiger partial charge in [0, 0.05) is 18.6 Å². The van der Waals surface area contributed by atoms with Crippen LogP contribution in [0.2, 0.25) is 0 Å². The lowest BCUT2D eigenvalue weighted by molar-refractivity contribution is -0.0988. The predicted octanol–water partition coefficient (Wildman–Crippen LogP) is 2.02. The normalized spacial score (nSPS) is 27.6. The van der Waals surface area contributed by atoms with E-state index in [0.717, 1.165) is 0 Å². The molecule has 0 radical (unpaired) electrons. The topological polar surface area (TPSA) is 23.5 Å². The molecule has 0 unspecified atom stereocenters. The molecule has 1 heterocycles. The van der Waals surface area contributed by atoms with Gasteiger partial charge in [-0.1, -0.05) is 19.3 Å². The van der Waals surface area contributed by atoms with Crippen molar-refractivity contribution < 1.29 is 5.11 Å². The summed E-state index contributed by atoms with van der Waals surface area (Å²) in [6.45, 7) is 7.01. The monoisotopic (exact) mass is 197 g/mol. The number of hydrogen-bond acceptors (Lipinski definition) is 2. The molecule has 2 rings (SSSR count). The first-order valence-corrected chi connectivity index (χ1v) is 5.94. The van der Waals surface area contributed by atoms with Gasteiger partial charge < -0.3 is 5.11 Å². The molecule has 14 heavy (non-hydrogen) atoms. The van der Waals surface area contributed by atoms with Crippen LogP contribution in [0.5, 0.6) is 0 Å². The van der Waals surface area contributed by atoms with Crippen molar-refractivity contribution in [2.45, 2.75) is 51.5 Å². The Kier molecular flexibility index (Phi) is 2.61. The maximum absolute atomic E-state index is 9.27. The second-order valence-electron chi connectivity index (χ2n) is 5.89. The molecule has 0 aromatic heterocycles. The Hall–Kier alpha value is -0.0800. The van der Waals surface area contributed by atoms with Crippen molar-refractivity contribution in [1.29, 1.82) is 0 Å². The fraction of sp³-hybridized carbons (Fsp3) is 1.00. The van der Waals surface area contributed by atoms with Gasteiger partial charge in [-0.15, -0.1) is 0 Å². The van der Waals surface area contributed by atoms with Gasteiger partial charge in [-0.2, -0.15) is 0 Å². The number of aliphatic hydroxyl groups excluding tert-OH is 1. The van der Waals surface area contributed by atoms with Crippen LogP contribution in [0.15, 0.2) is 0 Å². The van der Waals surface area contributed by atoms with E-state index in [1.54, 1.807) is 0 Å². The van der Waals surface area contributed by atoms with E-state index in [1.807, 2.05) is 0 Å². The molecule has 0 atom stereocenters. The minimum absolute atomic E-state index is 0.00268. The Labute approximate surface area is 87.3 Å². The van der Waals surface area contributed by atoms with Crippen molar-refractivity contribution in [1.82, 2.24) is 4.90 Å². The van der Waals surface area contributed by atoms with Gasteiger partial charge in [0.2, 0.25) is 0 Å². The first-order chi connectivity index (χ1) is 6.58. The van der Waals surface area contributed by atoms with Crippen LogP contribution in [-0.2, 0) is 0 Å². The zero-order chi connectivity index (χ0) is 10.2. The first-order valence-electron chi connectivity index (χ1n) is 5.94. The Balaban J connectivity index is 1.88. The van der Waals surface area contributed by atoms with Crippen LogP contribution in [0, 0.1) is 5.41 Å². The summed E-state index contributed by atoms with van der Waals surface area (Å²) < 4.78 is 0. The van der Waals surface area contributed by atoms with E-state index in [-0.39, 0.29) is 12.1 Å². The van der Waals surface area contributed by atoms with Gasteiger partial charge in [0.25, 0.3) is 0 Å². The largest absolute Gasteiger partial charge is 0.394 e. The molecule has 1 aliphatic carbocycles. The summed E-state index contributed by atoms with van der Waals surface area (Å²) in [7, 11) is 0. The number of aliphatic hydroxyl groups is 1. The molecule has 0 aromatic rings. The first kappa shape index (κ1) is 10.4. The lowest BCUT2D eigenvalue weighted by atomic mass is 9.67. The highest BCUT2D eigenvalue weighted by atomic mass is 16.3. The molecule has 0 bridgehead atoms. The molecule has 2 heteroatoms. The highest BCUT2D eigenvalue weighted by Gasteiger charge is 2.47. The number of nitrogens with zero attached hydrogens (tertiary/aromatic N) is 1. The van der Waals surface area contributed by atoms with Crippen LogP contribution in [0.1, 0.15) is 46.0 Å². The molecule has 2 nitrogen and oxygen atoms in total. The van der Waals surface area contributed by atoms with Gasteiger partial charge in [-0.25, -0.2) is 0 Å². The average molecular weight is 197 g/mol. The predicted molar refractivity (Wildman–Crippen MR) is 58.3 cm³/mol. The van der Waals surface area contributed by atoms with E-state index in [1.165, 1.54) is 45.2 Å². The molecule has 2 fully saturated rings. The lowest BCUT2D eigenvalue weighted by Crippen LogP contribution is -2.65. The van der Waals surface area contributed by atoms with E-state index in [4.69, 9.17) is 0 Å². The molecule has 82 valence electrons. The number of hydrogen-bond donors (Lipinski definition) is 1. The standard InChI is InChI=1S/C12H23NO/c1-11(2,10-14)13-8-12(9-13)6-4-3-5-7-12/h14H,3-10H2,1-2H3. The molecule has 0 aromatic carbocycles. The molecule has 0 amide bonds. The Morgan fingerprint density at radius 3 is 2.21 bits per heavy atom. The van der Waals surface area contributed by atoms with Crippen molar-refractivity contribution >= 4 is 0 Å². The summed E-state index contributed by atoms with van der Waals surface area (Å²) in [6.07, 6.45) is 7.13. The van der Waals surface area contributed by atoms with Gasteiger partial charge in [0.05, 0.1) is 6.61 Å². The fourth-order valence-corrected chi connectivity index (χ4v) is 2.91. The van der Waals surface area contributed by atoms with Gasteiger partial charge in [-0.05, 0) is 32.1 Å². The van der Waals surface area contributed by atoms with Gasteiger partial charge >= 0.3 is 0 Å². The third-order valence-electron chi connectivity index (χ3n) is 4.21. The summed E-state index contributed by atoms with van der Waals surface area (Å²) in [4.78, 5) is 2.44. The number of rotatable bonds is 2. The molecular formula is C12H23NO. The van der Waals surface area contributed by atoms with E-state index >= 15 is 0 Å². The third-order valence-corrected chi connectivity index (χ3v) is 4.21. The van der Waals surface area contributed by atoms with E-state index < -0.39 is 0 Å². The van der Waals surface area contributed by atoms with Crippen LogP contribution >= 0.6 is 0 Å². The van der Waals surface area contributed by atoms with Crippen molar-refractivity contribution in [2.24, 2.45) is 5.41 Å². The molecule has 1 aliphatic heterocycles. The van der Waals surface area contributed by atoms with E-state index in [2.05, 4.69) is 18.7 Å².